The second-order valence-electron chi connectivity index (χ2n) is 7.19. The van der Waals surface area contributed by atoms with E-state index in [-0.39, 0.29) is 24.2 Å². The van der Waals surface area contributed by atoms with Gasteiger partial charge in [-0.1, -0.05) is 12.8 Å². The topological polar surface area (TPSA) is 72.7 Å². The maximum Gasteiger partial charge on any atom is 0.237 e. The summed E-state index contributed by atoms with van der Waals surface area (Å²) in [7, 11) is 0. The van der Waals surface area contributed by atoms with Crippen LogP contribution in [-0.4, -0.2) is 88.1 Å². The molecule has 1 aromatic heterocycles. The maximum atomic E-state index is 12.9. The van der Waals surface area contributed by atoms with Gasteiger partial charge in [-0.3, -0.25) is 14.4 Å². The molecule has 8 heteroatoms. The highest BCUT2D eigenvalue weighted by atomic mass is 16.5. The summed E-state index contributed by atoms with van der Waals surface area (Å²) in [4.78, 5) is 21.2. The van der Waals surface area contributed by atoms with Gasteiger partial charge in [-0.05, 0) is 12.8 Å². The lowest BCUT2D eigenvalue weighted by molar-refractivity contribution is -0.152. The number of nitrogens with zero attached hydrogens (tertiary/aromatic N) is 5. The lowest BCUT2D eigenvalue weighted by Gasteiger charge is -2.44. The van der Waals surface area contributed by atoms with E-state index in [4.69, 9.17) is 9.47 Å². The highest BCUT2D eigenvalue weighted by Crippen LogP contribution is 2.28. The molecule has 0 unspecified atom stereocenters. The molecule has 1 aliphatic carbocycles. The van der Waals surface area contributed by atoms with E-state index in [0.29, 0.717) is 26.3 Å². The van der Waals surface area contributed by atoms with Gasteiger partial charge in [0, 0.05) is 19.6 Å². The Bertz CT molecular complexity index is 565. The van der Waals surface area contributed by atoms with Crippen molar-refractivity contribution in [1.82, 2.24) is 24.6 Å². The zero-order chi connectivity index (χ0) is 17.1. The quantitative estimate of drug-likeness (QED) is 0.770. The van der Waals surface area contributed by atoms with Crippen molar-refractivity contribution in [2.24, 2.45) is 0 Å². The average molecular weight is 349 g/mol. The van der Waals surface area contributed by atoms with Crippen LogP contribution in [0.25, 0.3) is 0 Å². The van der Waals surface area contributed by atoms with E-state index in [1.165, 1.54) is 19.2 Å². The van der Waals surface area contributed by atoms with Crippen molar-refractivity contribution >= 4 is 5.91 Å². The van der Waals surface area contributed by atoms with Crippen molar-refractivity contribution in [3.63, 3.8) is 0 Å². The summed E-state index contributed by atoms with van der Waals surface area (Å²) in [6.07, 6.45) is 8.11. The second-order valence-corrected chi connectivity index (χ2v) is 7.19. The minimum Gasteiger partial charge on any atom is -0.374 e. The minimum absolute atomic E-state index is 0.0513. The Hall–Kier alpha value is -1.51. The zero-order valence-electron chi connectivity index (χ0n) is 14.6. The molecule has 0 spiro atoms. The van der Waals surface area contributed by atoms with E-state index in [1.807, 2.05) is 0 Å². The van der Waals surface area contributed by atoms with Crippen molar-refractivity contribution in [1.29, 1.82) is 0 Å². The van der Waals surface area contributed by atoms with Gasteiger partial charge in [-0.15, -0.1) is 0 Å². The largest absolute Gasteiger partial charge is 0.374 e. The van der Waals surface area contributed by atoms with Gasteiger partial charge in [0.15, 0.2) is 0 Å². The minimum atomic E-state index is 0.0513. The van der Waals surface area contributed by atoms with Crippen LogP contribution in [0.3, 0.4) is 0 Å². The van der Waals surface area contributed by atoms with E-state index in [1.54, 1.807) is 11.0 Å². The first-order valence-corrected chi connectivity index (χ1v) is 9.37. The van der Waals surface area contributed by atoms with Crippen molar-refractivity contribution in [3.8, 4) is 0 Å². The normalized spacial score (nSPS) is 30.9. The number of rotatable bonds is 4. The fourth-order valence-corrected chi connectivity index (χ4v) is 4.26. The fourth-order valence-electron chi connectivity index (χ4n) is 4.26. The summed E-state index contributed by atoms with van der Waals surface area (Å²) in [6, 6.07) is 0.280. The molecule has 0 aromatic carbocycles. The van der Waals surface area contributed by atoms with Gasteiger partial charge >= 0.3 is 0 Å². The van der Waals surface area contributed by atoms with Crippen LogP contribution in [0.5, 0.6) is 0 Å². The molecule has 3 aliphatic rings. The summed E-state index contributed by atoms with van der Waals surface area (Å²) in [5.74, 6) is 0.238. The smallest absolute Gasteiger partial charge is 0.237 e. The maximum absolute atomic E-state index is 12.9. The first-order chi connectivity index (χ1) is 12.3. The van der Waals surface area contributed by atoms with Crippen LogP contribution in [0.1, 0.15) is 25.7 Å². The fraction of sp³-hybridized carbons (Fsp3) is 0.824. The van der Waals surface area contributed by atoms with Crippen LogP contribution in [0.15, 0.2) is 12.7 Å². The van der Waals surface area contributed by atoms with Crippen molar-refractivity contribution in [2.75, 3.05) is 39.4 Å². The molecular formula is C17H27N5O3. The lowest BCUT2D eigenvalue weighted by Crippen LogP contribution is -2.57. The number of hydrogen-bond donors (Lipinski definition) is 0. The average Bonchev–Trinajstić information content (AvgIpc) is 3.14. The molecule has 1 aromatic rings. The summed E-state index contributed by atoms with van der Waals surface area (Å²) in [5, 5.41) is 4.13. The number of fused-ring (bicyclic) bond motifs is 1. The van der Waals surface area contributed by atoms with E-state index < -0.39 is 0 Å². The summed E-state index contributed by atoms with van der Waals surface area (Å²) in [5.41, 5.74) is 0. The molecule has 138 valence electrons. The summed E-state index contributed by atoms with van der Waals surface area (Å²) in [6.45, 7) is 4.76. The first-order valence-electron chi connectivity index (χ1n) is 9.37. The molecule has 1 amide bonds. The summed E-state index contributed by atoms with van der Waals surface area (Å²) < 4.78 is 13.5. The second kappa shape index (κ2) is 7.80. The number of amides is 1. The zero-order valence-corrected chi connectivity index (χ0v) is 14.6. The standard InChI is InChI=1S/C17H27N5O3/c23-17(22-6-8-25-16-4-2-1-3-15(16)22)11-20-5-7-24-14(9-20)10-21-13-18-12-19-21/h12-16H,1-11H2/t14-,15-,16+/m0/s1. The van der Waals surface area contributed by atoms with E-state index in [0.717, 1.165) is 32.5 Å². The highest BCUT2D eigenvalue weighted by Gasteiger charge is 2.37. The highest BCUT2D eigenvalue weighted by molar-refractivity contribution is 5.78. The number of ether oxygens (including phenoxy) is 2. The SMILES string of the molecule is O=C(CN1CCO[C@H](Cn2cncn2)C1)N1CCO[C@@H]2CCCC[C@@H]21. The number of hydrogen-bond acceptors (Lipinski definition) is 6. The Morgan fingerprint density at radius 2 is 2.04 bits per heavy atom. The molecule has 0 radical (unpaired) electrons. The molecule has 25 heavy (non-hydrogen) atoms. The number of carbonyl (C=O) groups is 1. The van der Waals surface area contributed by atoms with E-state index >= 15 is 0 Å². The molecule has 2 saturated heterocycles. The molecule has 0 N–H and O–H groups in total. The Kier molecular flexibility index (Phi) is 5.28. The van der Waals surface area contributed by atoms with Crippen LogP contribution in [-0.2, 0) is 20.8 Å². The third kappa shape index (κ3) is 4.02. The predicted molar refractivity (Wildman–Crippen MR) is 89.9 cm³/mol. The lowest BCUT2D eigenvalue weighted by atomic mass is 9.90. The van der Waals surface area contributed by atoms with Crippen LogP contribution in [0.4, 0.5) is 0 Å². The first kappa shape index (κ1) is 16.9. The monoisotopic (exact) mass is 349 g/mol. The molecular weight excluding hydrogens is 322 g/mol. The molecule has 0 bridgehead atoms. The molecule has 4 rings (SSSR count). The Morgan fingerprint density at radius 1 is 1.16 bits per heavy atom. The number of morpholine rings is 2. The molecule has 8 nitrogen and oxygen atoms in total. The predicted octanol–water partition coefficient (Wildman–Crippen LogP) is 0.149. The van der Waals surface area contributed by atoms with Crippen LogP contribution >= 0.6 is 0 Å². The van der Waals surface area contributed by atoms with Gasteiger partial charge in [-0.25, -0.2) is 4.98 Å². The molecule has 2 aliphatic heterocycles. The van der Waals surface area contributed by atoms with E-state index in [9.17, 15) is 4.79 Å². The van der Waals surface area contributed by atoms with Crippen molar-refractivity contribution in [3.05, 3.63) is 12.7 Å². The Morgan fingerprint density at radius 3 is 2.92 bits per heavy atom. The Labute approximate surface area is 148 Å². The van der Waals surface area contributed by atoms with Gasteiger partial charge in [0.2, 0.25) is 5.91 Å². The number of aromatic nitrogens is 3. The Balaban J connectivity index is 1.32. The van der Waals surface area contributed by atoms with Gasteiger partial charge in [0.05, 0.1) is 44.6 Å². The van der Waals surface area contributed by atoms with Crippen LogP contribution in [0, 0.1) is 0 Å². The van der Waals surface area contributed by atoms with Crippen molar-refractivity contribution < 1.29 is 14.3 Å². The number of carbonyl (C=O) groups excluding carboxylic acids is 1. The molecule has 3 fully saturated rings. The van der Waals surface area contributed by atoms with Gasteiger partial charge in [0.1, 0.15) is 12.7 Å². The third-order valence-corrected chi connectivity index (χ3v) is 5.49. The van der Waals surface area contributed by atoms with Crippen molar-refractivity contribution in [2.45, 2.75) is 50.5 Å². The molecule has 3 heterocycles. The molecule has 3 atom stereocenters. The van der Waals surface area contributed by atoms with Gasteiger partial charge in [-0.2, -0.15) is 5.10 Å². The van der Waals surface area contributed by atoms with Gasteiger partial charge < -0.3 is 14.4 Å². The van der Waals surface area contributed by atoms with Crippen LogP contribution in [0.2, 0.25) is 0 Å². The van der Waals surface area contributed by atoms with E-state index in [2.05, 4.69) is 19.9 Å². The van der Waals surface area contributed by atoms with Crippen LogP contribution < -0.4 is 0 Å². The van der Waals surface area contributed by atoms with Gasteiger partial charge in [0.25, 0.3) is 0 Å². The third-order valence-electron chi connectivity index (χ3n) is 5.49. The molecule has 1 saturated carbocycles. The summed E-state index contributed by atoms with van der Waals surface area (Å²) >= 11 is 0.